The number of hydrogen-bond acceptors (Lipinski definition) is 4. The zero-order valence-electron chi connectivity index (χ0n) is 9.27. The summed E-state index contributed by atoms with van der Waals surface area (Å²) in [6, 6.07) is 9.18. The van der Waals surface area contributed by atoms with E-state index >= 15 is 0 Å². The van der Waals surface area contributed by atoms with E-state index in [9.17, 15) is 0 Å². The lowest BCUT2D eigenvalue weighted by atomic mass is 10.3. The molecule has 17 heavy (non-hydrogen) atoms. The molecule has 0 saturated carbocycles. The highest BCUT2D eigenvalue weighted by molar-refractivity contribution is 9.10. The Hall–Kier alpha value is -1.75. The van der Waals surface area contributed by atoms with Gasteiger partial charge < -0.3 is 15.8 Å². The molecule has 0 spiro atoms. The number of halogens is 1. The predicted molar refractivity (Wildman–Crippen MR) is 72.6 cm³/mol. The molecule has 0 saturated heterocycles. The summed E-state index contributed by atoms with van der Waals surface area (Å²) in [5.41, 5.74) is 7.24. The Morgan fingerprint density at radius 1 is 1.29 bits per heavy atom. The van der Waals surface area contributed by atoms with Crippen molar-refractivity contribution in [1.29, 1.82) is 0 Å². The Balaban J connectivity index is 2.29. The average Bonchev–Trinajstić information content (AvgIpc) is 2.32. The number of anilines is 3. The number of rotatable bonds is 3. The van der Waals surface area contributed by atoms with Gasteiger partial charge >= 0.3 is 0 Å². The van der Waals surface area contributed by atoms with Crippen LogP contribution < -0.4 is 15.8 Å². The fourth-order valence-corrected chi connectivity index (χ4v) is 1.73. The number of nitrogens with two attached hydrogens (primary N) is 1. The van der Waals surface area contributed by atoms with Crippen molar-refractivity contribution < 1.29 is 4.74 Å². The third kappa shape index (κ3) is 2.88. The van der Waals surface area contributed by atoms with Crippen LogP contribution in [0, 0.1) is 0 Å². The number of aromatic nitrogens is 1. The maximum absolute atomic E-state index is 5.69. The molecular weight excluding hydrogens is 282 g/mol. The van der Waals surface area contributed by atoms with Crippen LogP contribution in [0.2, 0.25) is 0 Å². The molecule has 88 valence electrons. The summed E-state index contributed by atoms with van der Waals surface area (Å²) in [5.74, 6) is 1.47. The summed E-state index contributed by atoms with van der Waals surface area (Å²) in [6.07, 6.45) is 1.66. The lowest BCUT2D eigenvalue weighted by Gasteiger charge is -2.09. The first kappa shape index (κ1) is 11.7. The van der Waals surface area contributed by atoms with Gasteiger partial charge in [0, 0.05) is 28.5 Å². The van der Waals surface area contributed by atoms with Crippen molar-refractivity contribution in [3.05, 3.63) is 41.0 Å². The number of benzene rings is 1. The first-order valence-electron chi connectivity index (χ1n) is 5.01. The van der Waals surface area contributed by atoms with E-state index in [1.54, 1.807) is 25.4 Å². The van der Waals surface area contributed by atoms with Gasteiger partial charge in [-0.1, -0.05) is 0 Å². The van der Waals surface area contributed by atoms with Gasteiger partial charge in [0.15, 0.2) is 0 Å². The van der Waals surface area contributed by atoms with Gasteiger partial charge in [0.25, 0.3) is 0 Å². The van der Waals surface area contributed by atoms with Gasteiger partial charge in [0.1, 0.15) is 11.6 Å². The highest BCUT2D eigenvalue weighted by Crippen LogP contribution is 2.29. The largest absolute Gasteiger partial charge is 0.497 e. The number of nitrogen functional groups attached to an aromatic ring is 1. The summed E-state index contributed by atoms with van der Waals surface area (Å²) >= 11 is 3.46. The van der Waals surface area contributed by atoms with Crippen LogP contribution in [0.1, 0.15) is 0 Å². The Morgan fingerprint density at radius 2 is 2.12 bits per heavy atom. The lowest BCUT2D eigenvalue weighted by molar-refractivity contribution is 0.415. The second kappa shape index (κ2) is 5.05. The summed E-state index contributed by atoms with van der Waals surface area (Å²) in [6.45, 7) is 0. The van der Waals surface area contributed by atoms with Crippen molar-refractivity contribution in [2.75, 3.05) is 18.2 Å². The Kier molecular flexibility index (Phi) is 3.49. The Morgan fingerprint density at radius 3 is 2.82 bits per heavy atom. The molecule has 0 atom stereocenters. The summed E-state index contributed by atoms with van der Waals surface area (Å²) in [5, 5.41) is 3.17. The zero-order valence-corrected chi connectivity index (χ0v) is 10.9. The van der Waals surface area contributed by atoms with Gasteiger partial charge in [-0.15, -0.1) is 0 Å². The predicted octanol–water partition coefficient (Wildman–Crippen LogP) is 3.18. The van der Waals surface area contributed by atoms with Crippen molar-refractivity contribution in [3.63, 3.8) is 0 Å². The van der Waals surface area contributed by atoms with Crippen molar-refractivity contribution in [1.82, 2.24) is 4.98 Å². The van der Waals surface area contributed by atoms with Gasteiger partial charge in [-0.2, -0.15) is 0 Å². The molecule has 4 nitrogen and oxygen atoms in total. The molecule has 0 fully saturated rings. The lowest BCUT2D eigenvalue weighted by Crippen LogP contribution is -1.96. The van der Waals surface area contributed by atoms with Crippen LogP contribution in [-0.4, -0.2) is 12.1 Å². The maximum Gasteiger partial charge on any atom is 0.132 e. The van der Waals surface area contributed by atoms with Crippen LogP contribution in [0.15, 0.2) is 41.0 Å². The number of ether oxygens (including phenoxy) is 1. The number of pyridine rings is 1. The van der Waals surface area contributed by atoms with Gasteiger partial charge in [0.05, 0.1) is 12.8 Å². The SMILES string of the molecule is COc1ccc(Br)c(Nc2cc(N)ccn2)c1. The van der Waals surface area contributed by atoms with E-state index in [2.05, 4.69) is 26.2 Å². The minimum absolute atomic E-state index is 0.668. The number of methoxy groups -OCH3 is 1. The van der Waals surface area contributed by atoms with E-state index in [0.717, 1.165) is 15.9 Å². The van der Waals surface area contributed by atoms with E-state index in [4.69, 9.17) is 10.5 Å². The van der Waals surface area contributed by atoms with E-state index in [1.807, 2.05) is 18.2 Å². The molecule has 2 rings (SSSR count). The molecule has 0 aliphatic rings. The zero-order chi connectivity index (χ0) is 12.3. The molecule has 2 aromatic rings. The number of hydrogen-bond donors (Lipinski definition) is 2. The summed E-state index contributed by atoms with van der Waals surface area (Å²) in [7, 11) is 1.63. The van der Waals surface area contributed by atoms with Crippen LogP contribution in [0.25, 0.3) is 0 Å². The fourth-order valence-electron chi connectivity index (χ4n) is 1.38. The van der Waals surface area contributed by atoms with Crippen LogP contribution in [0.4, 0.5) is 17.2 Å². The van der Waals surface area contributed by atoms with E-state index < -0.39 is 0 Å². The topological polar surface area (TPSA) is 60.2 Å². The normalized spacial score (nSPS) is 10.0. The minimum Gasteiger partial charge on any atom is -0.497 e. The second-order valence-corrected chi connectivity index (χ2v) is 4.30. The standard InChI is InChI=1S/C12H12BrN3O/c1-17-9-2-3-10(13)11(7-9)16-12-6-8(14)4-5-15-12/h2-7H,1H3,(H3,14,15,16). The van der Waals surface area contributed by atoms with Gasteiger partial charge in [-0.3, -0.25) is 0 Å². The molecule has 0 bridgehead atoms. The van der Waals surface area contributed by atoms with Crippen LogP contribution in [0.5, 0.6) is 5.75 Å². The van der Waals surface area contributed by atoms with Crippen molar-refractivity contribution >= 4 is 33.1 Å². The average molecular weight is 294 g/mol. The molecule has 0 aliphatic carbocycles. The molecule has 0 aliphatic heterocycles. The summed E-state index contributed by atoms with van der Waals surface area (Å²) < 4.78 is 6.10. The molecule has 0 radical (unpaired) electrons. The highest BCUT2D eigenvalue weighted by Gasteiger charge is 2.03. The molecule has 5 heteroatoms. The highest BCUT2D eigenvalue weighted by atomic mass is 79.9. The molecular formula is C12H12BrN3O. The summed E-state index contributed by atoms with van der Waals surface area (Å²) in [4.78, 5) is 4.18. The van der Waals surface area contributed by atoms with Gasteiger partial charge in [0.2, 0.25) is 0 Å². The molecule has 1 aromatic carbocycles. The fraction of sp³-hybridized carbons (Fsp3) is 0.0833. The maximum atomic E-state index is 5.69. The van der Waals surface area contributed by atoms with Crippen LogP contribution in [-0.2, 0) is 0 Å². The molecule has 0 unspecified atom stereocenters. The van der Waals surface area contributed by atoms with E-state index in [0.29, 0.717) is 11.5 Å². The monoisotopic (exact) mass is 293 g/mol. The minimum atomic E-state index is 0.668. The first-order chi connectivity index (χ1) is 8.19. The van der Waals surface area contributed by atoms with Gasteiger partial charge in [-0.25, -0.2) is 4.98 Å². The van der Waals surface area contributed by atoms with Crippen molar-refractivity contribution in [2.24, 2.45) is 0 Å². The third-order valence-corrected chi connectivity index (χ3v) is 2.91. The number of nitrogens with zero attached hydrogens (tertiary/aromatic N) is 1. The van der Waals surface area contributed by atoms with Crippen molar-refractivity contribution in [3.8, 4) is 5.75 Å². The van der Waals surface area contributed by atoms with Crippen LogP contribution >= 0.6 is 15.9 Å². The second-order valence-electron chi connectivity index (χ2n) is 3.45. The van der Waals surface area contributed by atoms with Crippen LogP contribution in [0.3, 0.4) is 0 Å². The third-order valence-electron chi connectivity index (χ3n) is 2.22. The quantitative estimate of drug-likeness (QED) is 0.912. The number of nitrogens with one attached hydrogen (secondary N) is 1. The van der Waals surface area contributed by atoms with E-state index in [1.165, 1.54) is 0 Å². The molecule has 3 N–H and O–H groups in total. The molecule has 1 heterocycles. The smallest absolute Gasteiger partial charge is 0.132 e. The Bertz CT molecular complexity index is 531. The van der Waals surface area contributed by atoms with E-state index in [-0.39, 0.29) is 0 Å². The van der Waals surface area contributed by atoms with Crippen molar-refractivity contribution in [2.45, 2.75) is 0 Å². The first-order valence-corrected chi connectivity index (χ1v) is 5.80. The molecule has 1 aromatic heterocycles. The van der Waals surface area contributed by atoms with Gasteiger partial charge in [-0.05, 0) is 34.1 Å². The Labute approximate surface area is 108 Å². The molecule has 0 amide bonds.